The van der Waals surface area contributed by atoms with Gasteiger partial charge in [-0.05, 0) is 26.0 Å². The number of H-pyrrole nitrogens is 1. The number of hydrogen-bond acceptors (Lipinski definition) is 2. The zero-order chi connectivity index (χ0) is 11.9. The molecule has 86 valence electrons. The third-order valence-electron chi connectivity index (χ3n) is 2.80. The van der Waals surface area contributed by atoms with E-state index in [0.717, 1.165) is 22.2 Å². The Labute approximate surface area is 99.2 Å². The first-order chi connectivity index (χ1) is 7.52. The van der Waals surface area contributed by atoms with Crippen LogP contribution in [-0.4, -0.2) is 16.1 Å². The van der Waals surface area contributed by atoms with E-state index in [9.17, 15) is 5.11 Å². The normalized spacial score (nSPS) is 15.3. The van der Waals surface area contributed by atoms with Gasteiger partial charge in [0.05, 0.1) is 11.1 Å². The molecular formula is C12H15ClN2O. The van der Waals surface area contributed by atoms with Crippen molar-refractivity contribution >= 4 is 22.5 Å². The molecule has 0 radical (unpaired) electrons. The van der Waals surface area contributed by atoms with Crippen LogP contribution in [0.2, 0.25) is 5.02 Å². The molecule has 0 saturated heterocycles. The number of halogens is 1. The second-order valence-corrected chi connectivity index (χ2v) is 4.54. The van der Waals surface area contributed by atoms with E-state index in [1.807, 2.05) is 25.1 Å². The number of fused-ring (bicyclic) bond motifs is 1. The predicted molar refractivity (Wildman–Crippen MR) is 66.7 cm³/mol. The van der Waals surface area contributed by atoms with Crippen LogP contribution in [0.4, 0.5) is 0 Å². The third kappa shape index (κ3) is 1.71. The maximum Gasteiger partial charge on any atom is 0.0961 e. The predicted octanol–water partition coefficient (Wildman–Crippen LogP) is 2.51. The second-order valence-electron chi connectivity index (χ2n) is 4.13. The van der Waals surface area contributed by atoms with Crippen LogP contribution in [0.3, 0.4) is 0 Å². The maximum atomic E-state index is 10.1. The first-order valence-electron chi connectivity index (χ1n) is 5.22. The molecular weight excluding hydrogens is 224 g/mol. The largest absolute Gasteiger partial charge is 0.387 e. The van der Waals surface area contributed by atoms with Gasteiger partial charge in [0, 0.05) is 28.2 Å². The van der Waals surface area contributed by atoms with E-state index in [1.54, 1.807) is 6.92 Å². The van der Waals surface area contributed by atoms with Crippen LogP contribution in [0, 0.1) is 6.92 Å². The monoisotopic (exact) mass is 238 g/mol. The lowest BCUT2D eigenvalue weighted by Crippen LogP contribution is -2.24. The standard InChI is InChI=1S/C12H15ClN2O/c1-6(14)12(16)10-7(2)15-9-5-3-4-8(13)11(9)10/h3-6,12,15-16H,14H2,1-2H3. The zero-order valence-corrected chi connectivity index (χ0v) is 10.0. The summed E-state index contributed by atoms with van der Waals surface area (Å²) in [5.41, 5.74) is 8.37. The van der Waals surface area contributed by atoms with Crippen molar-refractivity contribution in [1.29, 1.82) is 0 Å². The lowest BCUT2D eigenvalue weighted by atomic mass is 10.0. The molecule has 2 rings (SSSR count). The van der Waals surface area contributed by atoms with Crippen LogP contribution in [-0.2, 0) is 0 Å². The fourth-order valence-electron chi connectivity index (χ4n) is 1.99. The highest BCUT2D eigenvalue weighted by atomic mass is 35.5. The quantitative estimate of drug-likeness (QED) is 0.753. The van der Waals surface area contributed by atoms with Crippen molar-refractivity contribution in [3.05, 3.63) is 34.5 Å². The summed E-state index contributed by atoms with van der Waals surface area (Å²) in [7, 11) is 0. The minimum absolute atomic E-state index is 0.325. The minimum atomic E-state index is -0.700. The van der Waals surface area contributed by atoms with E-state index in [-0.39, 0.29) is 6.04 Å². The number of hydrogen-bond donors (Lipinski definition) is 3. The summed E-state index contributed by atoms with van der Waals surface area (Å²) in [5, 5.41) is 11.6. The molecule has 1 aromatic heterocycles. The molecule has 0 aliphatic carbocycles. The van der Waals surface area contributed by atoms with Gasteiger partial charge >= 0.3 is 0 Å². The smallest absolute Gasteiger partial charge is 0.0961 e. The average molecular weight is 239 g/mol. The van der Waals surface area contributed by atoms with Crippen molar-refractivity contribution in [2.75, 3.05) is 0 Å². The van der Waals surface area contributed by atoms with Gasteiger partial charge in [0.25, 0.3) is 0 Å². The van der Waals surface area contributed by atoms with E-state index in [1.165, 1.54) is 0 Å². The number of aliphatic hydroxyl groups is 1. The van der Waals surface area contributed by atoms with Gasteiger partial charge in [0.1, 0.15) is 0 Å². The Morgan fingerprint density at radius 3 is 2.75 bits per heavy atom. The van der Waals surface area contributed by atoms with Crippen LogP contribution in [0.25, 0.3) is 10.9 Å². The molecule has 2 unspecified atom stereocenters. The van der Waals surface area contributed by atoms with Crippen LogP contribution < -0.4 is 5.73 Å². The summed E-state index contributed by atoms with van der Waals surface area (Å²) in [6, 6.07) is 5.30. The molecule has 3 nitrogen and oxygen atoms in total. The second kappa shape index (κ2) is 4.09. The molecule has 0 fully saturated rings. The lowest BCUT2D eigenvalue weighted by molar-refractivity contribution is 0.154. The Balaban J connectivity index is 2.72. The SMILES string of the molecule is Cc1[nH]c2cccc(Cl)c2c1C(O)C(C)N. The first-order valence-corrected chi connectivity index (χ1v) is 5.60. The van der Waals surface area contributed by atoms with Gasteiger partial charge in [-0.25, -0.2) is 0 Å². The van der Waals surface area contributed by atoms with Crippen molar-refractivity contribution in [2.24, 2.45) is 5.73 Å². The molecule has 4 heteroatoms. The Morgan fingerprint density at radius 2 is 2.12 bits per heavy atom. The molecule has 0 spiro atoms. The van der Waals surface area contributed by atoms with Crippen molar-refractivity contribution < 1.29 is 5.11 Å². The van der Waals surface area contributed by atoms with Gasteiger partial charge in [-0.15, -0.1) is 0 Å². The zero-order valence-electron chi connectivity index (χ0n) is 9.29. The summed E-state index contributed by atoms with van der Waals surface area (Å²) < 4.78 is 0. The van der Waals surface area contributed by atoms with E-state index >= 15 is 0 Å². The summed E-state index contributed by atoms with van der Waals surface area (Å²) in [6.45, 7) is 3.69. The summed E-state index contributed by atoms with van der Waals surface area (Å²) >= 11 is 6.15. The van der Waals surface area contributed by atoms with Crippen molar-refractivity contribution in [1.82, 2.24) is 4.98 Å². The van der Waals surface area contributed by atoms with Gasteiger partial charge in [-0.3, -0.25) is 0 Å². The minimum Gasteiger partial charge on any atom is -0.387 e. The third-order valence-corrected chi connectivity index (χ3v) is 3.12. The van der Waals surface area contributed by atoms with Crippen molar-refractivity contribution in [3.8, 4) is 0 Å². The van der Waals surface area contributed by atoms with Crippen LogP contribution in [0.15, 0.2) is 18.2 Å². The molecule has 0 aliphatic heterocycles. The van der Waals surface area contributed by atoms with Gasteiger partial charge < -0.3 is 15.8 Å². The number of aromatic nitrogens is 1. The molecule has 4 N–H and O–H groups in total. The topological polar surface area (TPSA) is 62.0 Å². The van der Waals surface area contributed by atoms with E-state index in [0.29, 0.717) is 5.02 Å². The number of benzene rings is 1. The first kappa shape index (κ1) is 11.5. The Morgan fingerprint density at radius 1 is 1.44 bits per heavy atom. The number of nitrogens with two attached hydrogens (primary N) is 1. The Hall–Kier alpha value is -1.03. The molecule has 0 aliphatic rings. The Bertz CT molecular complexity index is 519. The summed E-state index contributed by atoms with van der Waals surface area (Å²) in [4.78, 5) is 3.20. The number of aliphatic hydroxyl groups excluding tert-OH is 1. The number of nitrogens with one attached hydrogen (secondary N) is 1. The maximum absolute atomic E-state index is 10.1. The Kier molecular flexibility index (Phi) is 2.93. The number of aryl methyl sites for hydroxylation is 1. The average Bonchev–Trinajstić information content (AvgIpc) is 2.54. The van der Waals surface area contributed by atoms with E-state index in [4.69, 9.17) is 17.3 Å². The van der Waals surface area contributed by atoms with Gasteiger partial charge in [0.15, 0.2) is 0 Å². The van der Waals surface area contributed by atoms with Gasteiger partial charge in [0.2, 0.25) is 0 Å². The van der Waals surface area contributed by atoms with Gasteiger partial charge in [-0.1, -0.05) is 17.7 Å². The highest BCUT2D eigenvalue weighted by Gasteiger charge is 2.21. The van der Waals surface area contributed by atoms with Gasteiger partial charge in [-0.2, -0.15) is 0 Å². The number of aromatic amines is 1. The van der Waals surface area contributed by atoms with E-state index in [2.05, 4.69) is 4.98 Å². The van der Waals surface area contributed by atoms with Crippen LogP contribution in [0.5, 0.6) is 0 Å². The molecule has 1 aromatic carbocycles. The molecule has 0 amide bonds. The molecule has 0 saturated carbocycles. The highest BCUT2D eigenvalue weighted by molar-refractivity contribution is 6.35. The fourth-order valence-corrected chi connectivity index (χ4v) is 2.27. The summed E-state index contributed by atoms with van der Waals surface area (Å²) in [5.74, 6) is 0. The summed E-state index contributed by atoms with van der Waals surface area (Å²) in [6.07, 6.45) is -0.700. The highest BCUT2D eigenvalue weighted by Crippen LogP contribution is 2.33. The number of rotatable bonds is 2. The molecule has 2 atom stereocenters. The molecule has 1 heterocycles. The molecule has 16 heavy (non-hydrogen) atoms. The van der Waals surface area contributed by atoms with Crippen molar-refractivity contribution in [3.63, 3.8) is 0 Å². The van der Waals surface area contributed by atoms with E-state index < -0.39 is 6.10 Å². The van der Waals surface area contributed by atoms with Crippen LogP contribution >= 0.6 is 11.6 Å². The fraction of sp³-hybridized carbons (Fsp3) is 0.333. The lowest BCUT2D eigenvalue weighted by Gasteiger charge is -2.15. The molecule has 2 aromatic rings. The van der Waals surface area contributed by atoms with Crippen molar-refractivity contribution in [2.45, 2.75) is 26.0 Å². The molecule has 0 bridgehead atoms. The van der Waals surface area contributed by atoms with Crippen LogP contribution in [0.1, 0.15) is 24.3 Å².